The van der Waals surface area contributed by atoms with Crippen LogP contribution in [0.2, 0.25) is 0 Å². The Labute approximate surface area is 98.6 Å². The van der Waals surface area contributed by atoms with E-state index in [-0.39, 0.29) is 11.2 Å². The first-order valence-electron chi connectivity index (χ1n) is 5.27. The minimum atomic E-state index is 0.0468. The highest BCUT2D eigenvalue weighted by Gasteiger charge is 2.23. The number of thioether (sulfide) groups is 1. The van der Waals surface area contributed by atoms with Crippen molar-refractivity contribution < 1.29 is 9.59 Å². The highest BCUT2D eigenvalue weighted by atomic mass is 32.2. The van der Waals surface area contributed by atoms with Crippen molar-refractivity contribution in [3.63, 3.8) is 0 Å². The van der Waals surface area contributed by atoms with Crippen LogP contribution in [0.5, 0.6) is 0 Å². The number of aldehydes is 1. The zero-order valence-electron chi connectivity index (χ0n) is 8.81. The van der Waals surface area contributed by atoms with Crippen LogP contribution in [0.25, 0.3) is 0 Å². The van der Waals surface area contributed by atoms with Crippen LogP contribution in [0.3, 0.4) is 0 Å². The third-order valence-corrected chi connectivity index (χ3v) is 3.89. The normalized spacial score (nSPS) is 19.4. The molecule has 0 bridgehead atoms. The molecular formula is C12H13NO2S. The van der Waals surface area contributed by atoms with E-state index in [0.29, 0.717) is 11.3 Å². The summed E-state index contributed by atoms with van der Waals surface area (Å²) in [4.78, 5) is 22.4. The molecule has 1 N–H and O–H groups in total. The Bertz CT molecular complexity index is 400. The summed E-state index contributed by atoms with van der Waals surface area (Å²) in [6.45, 7) is 0. The van der Waals surface area contributed by atoms with Crippen molar-refractivity contribution in [1.82, 2.24) is 0 Å². The number of benzene rings is 1. The van der Waals surface area contributed by atoms with Gasteiger partial charge in [-0.15, -0.1) is 11.8 Å². The van der Waals surface area contributed by atoms with Crippen molar-refractivity contribution in [2.45, 2.75) is 18.1 Å². The van der Waals surface area contributed by atoms with Crippen molar-refractivity contribution in [2.75, 3.05) is 11.1 Å². The summed E-state index contributed by atoms with van der Waals surface area (Å²) in [5, 5.41) is 2.91. The molecule has 0 spiro atoms. The molecule has 0 saturated carbocycles. The minimum Gasteiger partial charge on any atom is -0.325 e. The standard InChI is InChI=1S/C12H13NO2S/c14-8-9-3-1-4-10(7-9)13-12(15)11-5-2-6-16-11/h1,3-4,7-8,11H,2,5-6H2,(H,13,15). The number of nitrogens with one attached hydrogen (secondary N) is 1. The maximum atomic E-state index is 11.8. The Balaban J connectivity index is 2.02. The van der Waals surface area contributed by atoms with Gasteiger partial charge < -0.3 is 5.32 Å². The molecule has 1 aliphatic heterocycles. The van der Waals surface area contributed by atoms with Crippen LogP contribution in [0.4, 0.5) is 5.69 Å². The quantitative estimate of drug-likeness (QED) is 0.818. The summed E-state index contributed by atoms with van der Waals surface area (Å²) in [6, 6.07) is 6.96. The second-order valence-electron chi connectivity index (χ2n) is 3.73. The number of rotatable bonds is 3. The molecule has 0 aliphatic carbocycles. The van der Waals surface area contributed by atoms with Crippen molar-refractivity contribution in [1.29, 1.82) is 0 Å². The fourth-order valence-corrected chi connectivity index (χ4v) is 2.86. The second-order valence-corrected chi connectivity index (χ2v) is 5.04. The van der Waals surface area contributed by atoms with Crippen LogP contribution in [0.15, 0.2) is 24.3 Å². The van der Waals surface area contributed by atoms with Gasteiger partial charge in [-0.3, -0.25) is 9.59 Å². The highest BCUT2D eigenvalue weighted by Crippen LogP contribution is 2.27. The van der Waals surface area contributed by atoms with Crippen LogP contribution in [0, 0.1) is 0 Å². The average Bonchev–Trinajstić information content (AvgIpc) is 2.83. The van der Waals surface area contributed by atoms with Crippen molar-refractivity contribution in [3.05, 3.63) is 29.8 Å². The summed E-state index contributed by atoms with van der Waals surface area (Å²) >= 11 is 1.70. The zero-order chi connectivity index (χ0) is 11.4. The number of carbonyl (C=O) groups is 2. The third kappa shape index (κ3) is 2.64. The molecule has 0 radical (unpaired) electrons. The average molecular weight is 235 g/mol. The fraction of sp³-hybridized carbons (Fsp3) is 0.333. The van der Waals surface area contributed by atoms with Gasteiger partial charge in [-0.2, -0.15) is 0 Å². The van der Waals surface area contributed by atoms with Crippen LogP contribution in [-0.4, -0.2) is 23.2 Å². The Morgan fingerprint density at radius 1 is 1.50 bits per heavy atom. The highest BCUT2D eigenvalue weighted by molar-refractivity contribution is 8.00. The Morgan fingerprint density at radius 3 is 3.06 bits per heavy atom. The molecule has 16 heavy (non-hydrogen) atoms. The topological polar surface area (TPSA) is 46.2 Å². The second kappa shape index (κ2) is 5.16. The number of hydrogen-bond acceptors (Lipinski definition) is 3. The van der Waals surface area contributed by atoms with Crippen LogP contribution in [-0.2, 0) is 4.79 Å². The predicted octanol–water partition coefficient (Wildman–Crippen LogP) is 2.33. The molecule has 0 aromatic heterocycles. The molecular weight excluding hydrogens is 222 g/mol. The first-order valence-corrected chi connectivity index (χ1v) is 6.32. The molecule has 1 aromatic rings. The van der Waals surface area contributed by atoms with Crippen LogP contribution >= 0.6 is 11.8 Å². The minimum absolute atomic E-state index is 0.0468. The summed E-state index contributed by atoms with van der Waals surface area (Å²) in [5.41, 5.74) is 1.28. The van der Waals surface area contributed by atoms with Gasteiger partial charge in [-0.25, -0.2) is 0 Å². The van der Waals surface area contributed by atoms with Gasteiger partial charge in [0.25, 0.3) is 0 Å². The SMILES string of the molecule is O=Cc1cccc(NC(=O)C2CCCS2)c1. The molecule has 1 unspecified atom stereocenters. The van der Waals surface area contributed by atoms with Crippen molar-refractivity contribution >= 4 is 29.6 Å². The van der Waals surface area contributed by atoms with E-state index in [9.17, 15) is 9.59 Å². The maximum absolute atomic E-state index is 11.8. The van der Waals surface area contributed by atoms with Gasteiger partial charge in [0.2, 0.25) is 5.91 Å². The molecule has 1 fully saturated rings. The number of anilines is 1. The molecule has 1 atom stereocenters. The van der Waals surface area contributed by atoms with Gasteiger partial charge in [0.15, 0.2) is 0 Å². The summed E-state index contributed by atoms with van der Waals surface area (Å²) in [7, 11) is 0. The fourth-order valence-electron chi connectivity index (χ4n) is 1.70. The zero-order valence-corrected chi connectivity index (χ0v) is 9.63. The van der Waals surface area contributed by atoms with E-state index in [4.69, 9.17) is 0 Å². The first-order chi connectivity index (χ1) is 7.79. The van der Waals surface area contributed by atoms with Gasteiger partial charge >= 0.3 is 0 Å². The summed E-state index contributed by atoms with van der Waals surface area (Å²) < 4.78 is 0. The monoisotopic (exact) mass is 235 g/mol. The van der Waals surface area contributed by atoms with Gasteiger partial charge in [-0.05, 0) is 30.7 Å². The largest absolute Gasteiger partial charge is 0.325 e. The Morgan fingerprint density at radius 2 is 2.38 bits per heavy atom. The molecule has 1 amide bonds. The number of hydrogen-bond donors (Lipinski definition) is 1. The predicted molar refractivity (Wildman–Crippen MR) is 65.9 cm³/mol. The molecule has 4 heteroatoms. The van der Waals surface area contributed by atoms with E-state index in [1.807, 2.05) is 0 Å². The Kier molecular flexibility index (Phi) is 3.62. The van der Waals surface area contributed by atoms with Gasteiger partial charge in [0, 0.05) is 11.3 Å². The van der Waals surface area contributed by atoms with Gasteiger partial charge in [0.05, 0.1) is 5.25 Å². The lowest BCUT2D eigenvalue weighted by molar-refractivity contribution is -0.115. The Hall–Kier alpha value is -1.29. The van der Waals surface area contributed by atoms with Gasteiger partial charge in [0.1, 0.15) is 6.29 Å². The summed E-state index contributed by atoms with van der Waals surface area (Å²) in [5.74, 6) is 1.11. The lowest BCUT2D eigenvalue weighted by Crippen LogP contribution is -2.22. The lowest BCUT2D eigenvalue weighted by atomic mass is 10.2. The molecule has 1 heterocycles. The lowest BCUT2D eigenvalue weighted by Gasteiger charge is -2.09. The molecule has 2 rings (SSSR count). The van der Waals surface area contributed by atoms with Gasteiger partial charge in [-0.1, -0.05) is 12.1 Å². The van der Waals surface area contributed by atoms with Crippen LogP contribution in [0.1, 0.15) is 23.2 Å². The van der Waals surface area contributed by atoms with E-state index >= 15 is 0 Å². The molecule has 1 saturated heterocycles. The van der Waals surface area contributed by atoms with Crippen molar-refractivity contribution in [2.24, 2.45) is 0 Å². The van der Waals surface area contributed by atoms with Crippen molar-refractivity contribution in [3.8, 4) is 0 Å². The maximum Gasteiger partial charge on any atom is 0.237 e. The number of amides is 1. The van der Waals surface area contributed by atoms with E-state index in [0.717, 1.165) is 24.9 Å². The third-order valence-electron chi connectivity index (χ3n) is 2.51. The summed E-state index contributed by atoms with van der Waals surface area (Å²) in [6.07, 6.45) is 2.83. The van der Waals surface area contributed by atoms with E-state index in [1.54, 1.807) is 36.0 Å². The number of carbonyl (C=O) groups excluding carboxylic acids is 2. The molecule has 1 aliphatic rings. The molecule has 84 valence electrons. The van der Waals surface area contributed by atoms with Crippen LogP contribution < -0.4 is 5.32 Å². The van der Waals surface area contributed by atoms with E-state index in [1.165, 1.54) is 0 Å². The molecule has 1 aromatic carbocycles. The first kappa shape index (κ1) is 11.2. The van der Waals surface area contributed by atoms with E-state index < -0.39 is 0 Å². The molecule has 3 nitrogen and oxygen atoms in total. The van der Waals surface area contributed by atoms with E-state index in [2.05, 4.69) is 5.32 Å². The smallest absolute Gasteiger partial charge is 0.237 e.